The van der Waals surface area contributed by atoms with Crippen molar-refractivity contribution in [1.29, 1.82) is 0 Å². The number of hydrogen-bond donors (Lipinski definition) is 1. The third-order valence-electron chi connectivity index (χ3n) is 2.37. The highest BCUT2D eigenvalue weighted by molar-refractivity contribution is 5.88. The summed E-state index contributed by atoms with van der Waals surface area (Å²) in [6.45, 7) is 0. The maximum atomic E-state index is 13.8. The van der Waals surface area contributed by atoms with E-state index in [1.807, 2.05) is 0 Å². The zero-order valence-corrected chi connectivity index (χ0v) is 9.38. The van der Waals surface area contributed by atoms with Crippen molar-refractivity contribution in [1.82, 2.24) is 4.98 Å². The fourth-order valence-electron chi connectivity index (χ4n) is 1.45. The highest BCUT2D eigenvalue weighted by Gasteiger charge is 2.04. The van der Waals surface area contributed by atoms with E-state index in [1.165, 1.54) is 30.3 Å². The van der Waals surface area contributed by atoms with Gasteiger partial charge in [-0.25, -0.2) is 9.18 Å². The number of carbonyl (C=O) groups is 1. The summed E-state index contributed by atoms with van der Waals surface area (Å²) in [4.78, 5) is 14.6. The van der Waals surface area contributed by atoms with Crippen LogP contribution in [0.4, 0.5) is 4.39 Å². The summed E-state index contributed by atoms with van der Waals surface area (Å²) in [5.74, 6) is -1.48. The van der Waals surface area contributed by atoms with Gasteiger partial charge < -0.3 is 5.11 Å². The quantitative estimate of drug-likeness (QED) is 0.900. The molecule has 90 valence electrons. The van der Waals surface area contributed by atoms with Gasteiger partial charge in [0.2, 0.25) is 0 Å². The Morgan fingerprint density at radius 2 is 1.78 bits per heavy atom. The third-order valence-corrected chi connectivity index (χ3v) is 2.37. The molecule has 0 saturated carbocycles. The lowest BCUT2D eigenvalue weighted by molar-refractivity contribution is 0.0697. The molecule has 2 aromatic rings. The van der Waals surface area contributed by atoms with Crippen molar-refractivity contribution in [2.75, 3.05) is 0 Å². The Bertz CT molecular complexity index is 577. The van der Waals surface area contributed by atoms with Crippen LogP contribution in [-0.4, -0.2) is 16.1 Å². The van der Waals surface area contributed by atoms with E-state index >= 15 is 0 Å². The molecule has 0 amide bonds. The van der Waals surface area contributed by atoms with E-state index in [-0.39, 0.29) is 5.56 Å². The molecule has 18 heavy (non-hydrogen) atoms. The fourth-order valence-corrected chi connectivity index (χ4v) is 1.45. The molecule has 0 aliphatic carbocycles. The minimum absolute atomic E-state index is 0.129. The molecule has 0 atom stereocenters. The van der Waals surface area contributed by atoms with Crippen LogP contribution in [0.25, 0.3) is 11.9 Å². The van der Waals surface area contributed by atoms with Crippen LogP contribution in [0.15, 0.2) is 48.7 Å². The van der Waals surface area contributed by atoms with E-state index in [0.29, 0.717) is 11.3 Å². The van der Waals surface area contributed by atoms with Crippen molar-refractivity contribution in [2.24, 2.45) is 0 Å². The molecule has 1 aromatic carbocycles. The SMILES string of the molecule is O=C(O)c1ccc(C(F)=Cc2ccccn2)cc1. The molecule has 0 bridgehead atoms. The largest absolute Gasteiger partial charge is 0.478 e. The van der Waals surface area contributed by atoms with Gasteiger partial charge >= 0.3 is 5.97 Å². The van der Waals surface area contributed by atoms with E-state index in [4.69, 9.17) is 5.11 Å². The molecule has 1 heterocycles. The average molecular weight is 243 g/mol. The van der Waals surface area contributed by atoms with Crippen molar-refractivity contribution >= 4 is 17.9 Å². The van der Waals surface area contributed by atoms with Gasteiger partial charge in [-0.2, -0.15) is 0 Å². The van der Waals surface area contributed by atoms with Crippen molar-refractivity contribution < 1.29 is 14.3 Å². The maximum Gasteiger partial charge on any atom is 0.335 e. The number of hydrogen-bond acceptors (Lipinski definition) is 2. The molecule has 1 aromatic heterocycles. The number of rotatable bonds is 3. The van der Waals surface area contributed by atoms with Crippen molar-refractivity contribution in [3.8, 4) is 0 Å². The molecule has 0 saturated heterocycles. The van der Waals surface area contributed by atoms with Crippen molar-refractivity contribution in [3.05, 3.63) is 65.5 Å². The van der Waals surface area contributed by atoms with Gasteiger partial charge in [0, 0.05) is 17.8 Å². The van der Waals surface area contributed by atoms with Gasteiger partial charge in [0.15, 0.2) is 0 Å². The molecule has 3 nitrogen and oxygen atoms in total. The Kier molecular flexibility index (Phi) is 3.48. The van der Waals surface area contributed by atoms with Crippen LogP contribution in [0.5, 0.6) is 0 Å². The number of carboxylic acid groups (broad SMARTS) is 1. The summed E-state index contributed by atoms with van der Waals surface area (Å²) in [5, 5.41) is 8.73. The van der Waals surface area contributed by atoms with Crippen LogP contribution in [0.3, 0.4) is 0 Å². The molecule has 0 unspecified atom stereocenters. The van der Waals surface area contributed by atoms with Crippen LogP contribution >= 0.6 is 0 Å². The topological polar surface area (TPSA) is 50.2 Å². The van der Waals surface area contributed by atoms with Gasteiger partial charge in [-0.1, -0.05) is 18.2 Å². The lowest BCUT2D eigenvalue weighted by Gasteiger charge is -1.99. The zero-order valence-electron chi connectivity index (χ0n) is 9.38. The smallest absolute Gasteiger partial charge is 0.335 e. The standard InChI is InChI=1S/C14H10FNO2/c15-13(9-12-3-1-2-8-16-12)10-4-6-11(7-5-10)14(17)18/h1-9H,(H,17,18). The lowest BCUT2D eigenvalue weighted by Crippen LogP contribution is -1.95. The number of nitrogens with zero attached hydrogens (tertiary/aromatic N) is 1. The Morgan fingerprint density at radius 1 is 1.11 bits per heavy atom. The van der Waals surface area contributed by atoms with Crippen LogP contribution in [0, 0.1) is 0 Å². The van der Waals surface area contributed by atoms with Gasteiger partial charge in [-0.15, -0.1) is 0 Å². The monoisotopic (exact) mass is 243 g/mol. The molecular weight excluding hydrogens is 233 g/mol. The molecule has 0 spiro atoms. The van der Waals surface area contributed by atoms with Crippen LogP contribution in [-0.2, 0) is 0 Å². The summed E-state index contributed by atoms with van der Waals surface area (Å²) in [6.07, 6.45) is 2.88. The Morgan fingerprint density at radius 3 is 2.33 bits per heavy atom. The van der Waals surface area contributed by atoms with E-state index in [1.54, 1.807) is 24.4 Å². The van der Waals surface area contributed by atoms with Crippen LogP contribution in [0.1, 0.15) is 21.6 Å². The maximum absolute atomic E-state index is 13.8. The Hall–Kier alpha value is -2.49. The number of aromatic nitrogens is 1. The second-order valence-corrected chi connectivity index (χ2v) is 3.63. The van der Waals surface area contributed by atoms with E-state index in [9.17, 15) is 9.18 Å². The van der Waals surface area contributed by atoms with Gasteiger partial charge in [-0.05, 0) is 24.3 Å². The molecule has 0 fully saturated rings. The summed E-state index contributed by atoms with van der Waals surface area (Å²) in [5.41, 5.74) is 0.965. The zero-order chi connectivity index (χ0) is 13.0. The second kappa shape index (κ2) is 5.23. The molecule has 0 radical (unpaired) electrons. The number of pyridine rings is 1. The van der Waals surface area contributed by atoms with Gasteiger partial charge in [0.1, 0.15) is 5.83 Å². The summed E-state index contributed by atoms with van der Waals surface area (Å²) >= 11 is 0. The molecule has 2 rings (SSSR count). The number of halogens is 1. The molecule has 0 aliphatic rings. The fraction of sp³-hybridized carbons (Fsp3) is 0. The first-order valence-corrected chi connectivity index (χ1v) is 5.29. The van der Waals surface area contributed by atoms with Gasteiger partial charge in [-0.3, -0.25) is 4.98 Å². The van der Waals surface area contributed by atoms with E-state index in [0.717, 1.165) is 0 Å². The first kappa shape index (κ1) is 12.0. The summed E-state index contributed by atoms with van der Waals surface area (Å²) in [7, 11) is 0. The third kappa shape index (κ3) is 2.79. The Labute approximate surface area is 103 Å². The highest BCUT2D eigenvalue weighted by Crippen LogP contribution is 2.19. The van der Waals surface area contributed by atoms with E-state index < -0.39 is 11.8 Å². The van der Waals surface area contributed by atoms with Crippen molar-refractivity contribution in [2.45, 2.75) is 0 Å². The highest BCUT2D eigenvalue weighted by atomic mass is 19.1. The van der Waals surface area contributed by atoms with Crippen LogP contribution in [0.2, 0.25) is 0 Å². The lowest BCUT2D eigenvalue weighted by atomic mass is 10.1. The number of aromatic carboxylic acids is 1. The summed E-state index contributed by atoms with van der Waals surface area (Å²) in [6, 6.07) is 10.8. The molecule has 1 N–H and O–H groups in total. The van der Waals surface area contributed by atoms with Crippen molar-refractivity contribution in [3.63, 3.8) is 0 Å². The van der Waals surface area contributed by atoms with Gasteiger partial charge in [0.05, 0.1) is 11.3 Å². The Balaban J connectivity index is 2.26. The minimum Gasteiger partial charge on any atom is -0.478 e. The normalized spacial score (nSPS) is 11.3. The summed E-state index contributed by atoms with van der Waals surface area (Å²) < 4.78 is 13.8. The first-order chi connectivity index (χ1) is 8.66. The molecular formula is C14H10FNO2. The van der Waals surface area contributed by atoms with E-state index in [2.05, 4.69) is 4.98 Å². The van der Waals surface area contributed by atoms with Gasteiger partial charge in [0.25, 0.3) is 0 Å². The minimum atomic E-state index is -1.03. The number of carboxylic acids is 1. The van der Waals surface area contributed by atoms with Crippen LogP contribution < -0.4 is 0 Å². The second-order valence-electron chi connectivity index (χ2n) is 3.63. The average Bonchev–Trinajstić information content (AvgIpc) is 2.40. The molecule has 0 aliphatic heterocycles. The number of benzene rings is 1. The first-order valence-electron chi connectivity index (χ1n) is 5.29. The predicted octanol–water partition coefficient (Wildman–Crippen LogP) is 3.25. The predicted molar refractivity (Wildman–Crippen MR) is 66.6 cm³/mol. The molecule has 4 heteroatoms.